The predicted octanol–water partition coefficient (Wildman–Crippen LogP) is 1.78. The molecule has 0 aliphatic carbocycles. The van der Waals surface area contributed by atoms with E-state index in [1.807, 2.05) is 31.2 Å². The first-order valence-corrected chi connectivity index (χ1v) is 7.15. The summed E-state index contributed by atoms with van der Waals surface area (Å²) < 4.78 is 0. The fraction of sp³-hybridized carbons (Fsp3) is 0.375. The molecule has 0 saturated carbocycles. The van der Waals surface area contributed by atoms with Crippen LogP contribution in [-0.4, -0.2) is 31.0 Å². The van der Waals surface area contributed by atoms with Gasteiger partial charge in [0.05, 0.1) is 22.3 Å². The lowest BCUT2D eigenvalue weighted by molar-refractivity contribution is -0.128. The molecule has 1 aromatic carbocycles. The normalized spacial score (nSPS) is 21.7. The molecular weight excluding hydrogens is 264 g/mol. The van der Waals surface area contributed by atoms with E-state index in [0.717, 1.165) is 35.2 Å². The van der Waals surface area contributed by atoms with Crippen molar-refractivity contribution in [2.75, 3.05) is 30.8 Å². The fourth-order valence-electron chi connectivity index (χ4n) is 3.09. The summed E-state index contributed by atoms with van der Waals surface area (Å²) in [5.41, 5.74) is 8.58. The number of pyridine rings is 1. The summed E-state index contributed by atoms with van der Waals surface area (Å²) in [4.78, 5) is 18.5. The van der Waals surface area contributed by atoms with Gasteiger partial charge in [0.15, 0.2) is 0 Å². The van der Waals surface area contributed by atoms with Gasteiger partial charge in [0.25, 0.3) is 0 Å². The monoisotopic (exact) mass is 284 g/mol. The second-order valence-electron chi connectivity index (χ2n) is 5.88. The SMILES string of the molecule is CNC(=O)C1(C)CCN(c2ccc3ncccc3c2N)C1. The van der Waals surface area contributed by atoms with E-state index in [0.29, 0.717) is 6.54 Å². The van der Waals surface area contributed by atoms with Crippen molar-refractivity contribution in [1.29, 1.82) is 0 Å². The number of rotatable bonds is 2. The molecule has 110 valence electrons. The minimum atomic E-state index is -0.356. The molecular formula is C16H20N4O. The number of carbonyl (C=O) groups excluding carboxylic acids is 1. The van der Waals surface area contributed by atoms with Gasteiger partial charge in [-0.25, -0.2) is 0 Å². The van der Waals surface area contributed by atoms with Gasteiger partial charge in [-0.05, 0) is 37.6 Å². The molecule has 3 rings (SSSR count). The molecule has 1 aliphatic rings. The molecule has 0 spiro atoms. The number of nitrogens with one attached hydrogen (secondary N) is 1. The maximum absolute atomic E-state index is 12.0. The Bertz CT molecular complexity index is 700. The number of hydrogen-bond acceptors (Lipinski definition) is 4. The van der Waals surface area contributed by atoms with E-state index in [4.69, 9.17) is 5.73 Å². The lowest BCUT2D eigenvalue weighted by Crippen LogP contribution is -2.39. The van der Waals surface area contributed by atoms with E-state index in [2.05, 4.69) is 15.2 Å². The number of aromatic nitrogens is 1. The van der Waals surface area contributed by atoms with E-state index in [1.165, 1.54) is 0 Å². The number of nitrogen functional groups attached to an aromatic ring is 1. The van der Waals surface area contributed by atoms with Crippen molar-refractivity contribution in [3.8, 4) is 0 Å². The van der Waals surface area contributed by atoms with Crippen molar-refractivity contribution in [2.45, 2.75) is 13.3 Å². The molecule has 1 unspecified atom stereocenters. The van der Waals surface area contributed by atoms with Crippen molar-refractivity contribution in [3.63, 3.8) is 0 Å². The van der Waals surface area contributed by atoms with Crippen LogP contribution in [0.3, 0.4) is 0 Å². The van der Waals surface area contributed by atoms with Crippen LogP contribution < -0.4 is 16.0 Å². The average molecular weight is 284 g/mol. The lowest BCUT2D eigenvalue weighted by Gasteiger charge is -2.25. The van der Waals surface area contributed by atoms with E-state index < -0.39 is 0 Å². The van der Waals surface area contributed by atoms with Crippen molar-refractivity contribution in [1.82, 2.24) is 10.3 Å². The number of carbonyl (C=O) groups is 1. The summed E-state index contributed by atoms with van der Waals surface area (Å²) in [6, 6.07) is 7.85. The number of nitrogens with zero attached hydrogens (tertiary/aromatic N) is 2. The Hall–Kier alpha value is -2.30. The Kier molecular flexibility index (Phi) is 3.20. The zero-order chi connectivity index (χ0) is 15.0. The Balaban J connectivity index is 1.96. The molecule has 0 radical (unpaired) electrons. The lowest BCUT2D eigenvalue weighted by atomic mass is 9.89. The summed E-state index contributed by atoms with van der Waals surface area (Å²) in [6.07, 6.45) is 2.59. The highest BCUT2D eigenvalue weighted by Gasteiger charge is 2.40. The third-order valence-corrected chi connectivity index (χ3v) is 4.39. The van der Waals surface area contributed by atoms with Crippen LogP contribution in [0.2, 0.25) is 0 Å². The van der Waals surface area contributed by atoms with Gasteiger partial charge >= 0.3 is 0 Å². The molecule has 1 fully saturated rings. The third-order valence-electron chi connectivity index (χ3n) is 4.39. The quantitative estimate of drug-likeness (QED) is 0.825. The number of amides is 1. The number of anilines is 2. The van der Waals surface area contributed by atoms with Gasteiger partial charge in [0, 0.05) is 31.7 Å². The standard InChI is InChI=1S/C16H20N4O/c1-16(15(21)18-2)7-9-20(10-16)13-6-5-12-11(14(13)17)4-3-8-19-12/h3-6,8H,7,9-10,17H2,1-2H3,(H,18,21). The first-order valence-electron chi connectivity index (χ1n) is 7.15. The molecule has 21 heavy (non-hydrogen) atoms. The third kappa shape index (κ3) is 2.18. The summed E-state index contributed by atoms with van der Waals surface area (Å²) >= 11 is 0. The van der Waals surface area contributed by atoms with Crippen LogP contribution in [0.15, 0.2) is 30.5 Å². The summed E-state index contributed by atoms with van der Waals surface area (Å²) in [5, 5.41) is 3.72. The Labute approximate surface area is 124 Å². The first-order chi connectivity index (χ1) is 10.0. The van der Waals surface area contributed by atoms with Crippen LogP contribution in [0, 0.1) is 5.41 Å². The molecule has 1 atom stereocenters. The molecule has 2 aromatic rings. The van der Waals surface area contributed by atoms with E-state index >= 15 is 0 Å². The average Bonchev–Trinajstić information content (AvgIpc) is 2.90. The predicted molar refractivity (Wildman–Crippen MR) is 85.2 cm³/mol. The zero-order valence-electron chi connectivity index (χ0n) is 12.4. The number of hydrogen-bond donors (Lipinski definition) is 2. The molecule has 1 amide bonds. The fourth-order valence-corrected chi connectivity index (χ4v) is 3.09. The van der Waals surface area contributed by atoms with Crippen molar-refractivity contribution < 1.29 is 4.79 Å². The summed E-state index contributed by atoms with van der Waals surface area (Å²) in [5.74, 6) is 0.0889. The van der Waals surface area contributed by atoms with Gasteiger partial charge in [-0.1, -0.05) is 0 Å². The van der Waals surface area contributed by atoms with E-state index in [1.54, 1.807) is 13.2 Å². The highest BCUT2D eigenvalue weighted by Crippen LogP contribution is 2.38. The Morgan fingerprint density at radius 2 is 2.24 bits per heavy atom. The number of fused-ring (bicyclic) bond motifs is 1. The highest BCUT2D eigenvalue weighted by atomic mass is 16.2. The highest BCUT2D eigenvalue weighted by molar-refractivity contribution is 5.97. The largest absolute Gasteiger partial charge is 0.396 e. The molecule has 5 heteroatoms. The number of nitrogens with two attached hydrogens (primary N) is 1. The van der Waals surface area contributed by atoms with Crippen molar-refractivity contribution in [3.05, 3.63) is 30.5 Å². The molecule has 1 aliphatic heterocycles. The van der Waals surface area contributed by atoms with Crippen LogP contribution in [-0.2, 0) is 4.79 Å². The minimum Gasteiger partial charge on any atom is -0.396 e. The molecule has 5 nitrogen and oxygen atoms in total. The van der Waals surface area contributed by atoms with Gasteiger partial charge in [0.2, 0.25) is 5.91 Å². The van der Waals surface area contributed by atoms with Crippen LogP contribution >= 0.6 is 0 Å². The number of benzene rings is 1. The Morgan fingerprint density at radius 3 is 3.00 bits per heavy atom. The van der Waals surface area contributed by atoms with Crippen molar-refractivity contribution >= 4 is 28.2 Å². The minimum absolute atomic E-state index is 0.0889. The van der Waals surface area contributed by atoms with Crippen LogP contribution in [0.25, 0.3) is 10.9 Å². The molecule has 1 aromatic heterocycles. The molecule has 3 N–H and O–H groups in total. The van der Waals surface area contributed by atoms with Gasteiger partial charge in [0.1, 0.15) is 0 Å². The van der Waals surface area contributed by atoms with Crippen LogP contribution in [0.4, 0.5) is 11.4 Å². The van der Waals surface area contributed by atoms with Gasteiger partial charge in [-0.3, -0.25) is 9.78 Å². The van der Waals surface area contributed by atoms with Crippen LogP contribution in [0.1, 0.15) is 13.3 Å². The summed E-state index contributed by atoms with van der Waals surface area (Å²) in [6.45, 7) is 3.52. The summed E-state index contributed by atoms with van der Waals surface area (Å²) in [7, 11) is 1.69. The molecule has 0 bridgehead atoms. The first kappa shape index (κ1) is 13.7. The topological polar surface area (TPSA) is 71.2 Å². The van der Waals surface area contributed by atoms with Crippen molar-refractivity contribution in [2.24, 2.45) is 5.41 Å². The molecule has 1 saturated heterocycles. The van der Waals surface area contributed by atoms with E-state index in [-0.39, 0.29) is 11.3 Å². The molecule has 2 heterocycles. The van der Waals surface area contributed by atoms with Gasteiger partial charge in [-0.2, -0.15) is 0 Å². The second-order valence-corrected chi connectivity index (χ2v) is 5.88. The van der Waals surface area contributed by atoms with E-state index in [9.17, 15) is 4.79 Å². The maximum Gasteiger partial charge on any atom is 0.227 e. The second kappa shape index (κ2) is 4.91. The maximum atomic E-state index is 12.0. The van der Waals surface area contributed by atoms with Gasteiger partial charge in [-0.15, -0.1) is 0 Å². The van der Waals surface area contributed by atoms with Gasteiger partial charge < -0.3 is 16.0 Å². The smallest absolute Gasteiger partial charge is 0.227 e. The Morgan fingerprint density at radius 1 is 1.43 bits per heavy atom. The van der Waals surface area contributed by atoms with Crippen LogP contribution in [0.5, 0.6) is 0 Å². The zero-order valence-corrected chi connectivity index (χ0v) is 12.4.